The first-order valence-corrected chi connectivity index (χ1v) is 7.84. The third kappa shape index (κ3) is 7.13. The molecule has 0 radical (unpaired) electrons. The van der Waals surface area contributed by atoms with Crippen LogP contribution in [0.1, 0.15) is 66.7 Å². The molecule has 20 heavy (non-hydrogen) atoms. The van der Waals surface area contributed by atoms with E-state index in [1.807, 2.05) is 25.7 Å². The summed E-state index contributed by atoms with van der Waals surface area (Å²) in [5.74, 6) is 0.596. The number of carbonyl (C=O) groups is 1. The topological polar surface area (TPSA) is 55.6 Å². The fourth-order valence-corrected chi connectivity index (χ4v) is 2.64. The third-order valence-corrected chi connectivity index (χ3v) is 3.60. The van der Waals surface area contributed by atoms with E-state index in [2.05, 4.69) is 13.8 Å². The summed E-state index contributed by atoms with van der Waals surface area (Å²) in [4.78, 5) is 13.9. The van der Waals surface area contributed by atoms with Gasteiger partial charge in [0, 0.05) is 18.6 Å². The molecule has 1 unspecified atom stereocenters. The number of nitrogens with zero attached hydrogens (tertiary/aromatic N) is 1. The Morgan fingerprint density at radius 1 is 1.30 bits per heavy atom. The summed E-state index contributed by atoms with van der Waals surface area (Å²) in [7, 11) is 0. The molecule has 1 heterocycles. The van der Waals surface area contributed by atoms with Crippen LogP contribution in [0.25, 0.3) is 0 Å². The standard InChI is InChI=1S/C16H32N2O2/c1-15(2,3)20-14(19)18-11-7-9-13(12-18)8-6-10-16(4,5)17/h13H,6-12,17H2,1-5H3. The van der Waals surface area contributed by atoms with E-state index in [1.165, 1.54) is 6.42 Å². The summed E-state index contributed by atoms with van der Waals surface area (Å²) in [6.07, 6.45) is 5.45. The Labute approximate surface area is 124 Å². The van der Waals surface area contributed by atoms with E-state index in [0.29, 0.717) is 5.92 Å². The van der Waals surface area contributed by atoms with Crippen molar-refractivity contribution in [1.82, 2.24) is 4.90 Å². The highest BCUT2D eigenvalue weighted by Crippen LogP contribution is 2.24. The maximum Gasteiger partial charge on any atom is 0.410 e. The van der Waals surface area contributed by atoms with E-state index < -0.39 is 5.60 Å². The van der Waals surface area contributed by atoms with Gasteiger partial charge in [-0.15, -0.1) is 0 Å². The average Bonchev–Trinajstić information content (AvgIpc) is 2.25. The summed E-state index contributed by atoms with van der Waals surface area (Å²) in [6.45, 7) is 11.5. The monoisotopic (exact) mass is 284 g/mol. The van der Waals surface area contributed by atoms with Gasteiger partial charge < -0.3 is 15.4 Å². The number of rotatable bonds is 4. The van der Waals surface area contributed by atoms with Crippen LogP contribution in [0, 0.1) is 5.92 Å². The second-order valence-corrected chi connectivity index (χ2v) is 7.82. The van der Waals surface area contributed by atoms with Crippen LogP contribution in [0.15, 0.2) is 0 Å². The van der Waals surface area contributed by atoms with Gasteiger partial charge in [-0.3, -0.25) is 0 Å². The van der Waals surface area contributed by atoms with Crippen molar-refractivity contribution in [2.24, 2.45) is 11.7 Å². The first kappa shape index (κ1) is 17.3. The highest BCUT2D eigenvalue weighted by molar-refractivity contribution is 5.68. The van der Waals surface area contributed by atoms with E-state index >= 15 is 0 Å². The maximum atomic E-state index is 12.1. The van der Waals surface area contributed by atoms with Crippen LogP contribution >= 0.6 is 0 Å². The number of hydrogen-bond acceptors (Lipinski definition) is 3. The Morgan fingerprint density at radius 2 is 1.95 bits per heavy atom. The largest absolute Gasteiger partial charge is 0.444 e. The van der Waals surface area contributed by atoms with Crippen molar-refractivity contribution in [3.63, 3.8) is 0 Å². The lowest BCUT2D eigenvalue weighted by Gasteiger charge is -2.34. The van der Waals surface area contributed by atoms with Crippen LogP contribution in [0.5, 0.6) is 0 Å². The van der Waals surface area contributed by atoms with Crippen LogP contribution in [0.3, 0.4) is 0 Å². The van der Waals surface area contributed by atoms with E-state index in [4.69, 9.17) is 10.5 Å². The number of amides is 1. The van der Waals surface area contributed by atoms with Gasteiger partial charge in [0.1, 0.15) is 5.60 Å². The first-order valence-electron chi connectivity index (χ1n) is 7.84. The predicted molar refractivity (Wildman–Crippen MR) is 82.6 cm³/mol. The quantitative estimate of drug-likeness (QED) is 0.859. The molecule has 1 atom stereocenters. The number of nitrogens with two attached hydrogens (primary N) is 1. The minimum atomic E-state index is -0.409. The molecule has 4 nitrogen and oxygen atoms in total. The van der Waals surface area contributed by atoms with Crippen LogP contribution in [-0.2, 0) is 4.74 Å². The number of piperidine rings is 1. The Bertz CT molecular complexity index is 315. The van der Waals surface area contributed by atoms with E-state index in [9.17, 15) is 4.79 Å². The van der Waals surface area contributed by atoms with Gasteiger partial charge in [-0.05, 0) is 66.2 Å². The predicted octanol–water partition coefficient (Wildman–Crippen LogP) is 3.54. The number of likely N-dealkylation sites (tertiary alicyclic amines) is 1. The molecule has 1 rings (SSSR count). The molecule has 1 fully saturated rings. The summed E-state index contributed by atoms with van der Waals surface area (Å²) in [5, 5.41) is 0. The molecule has 0 aromatic carbocycles. The Kier molecular flexibility index (Phi) is 5.87. The van der Waals surface area contributed by atoms with Crippen LogP contribution in [-0.4, -0.2) is 35.2 Å². The lowest BCUT2D eigenvalue weighted by molar-refractivity contribution is 0.0160. The molecule has 0 bridgehead atoms. The molecule has 0 spiro atoms. The molecule has 0 aromatic rings. The van der Waals surface area contributed by atoms with Crippen LogP contribution in [0.2, 0.25) is 0 Å². The van der Waals surface area contributed by atoms with Crippen LogP contribution in [0.4, 0.5) is 4.79 Å². The Balaban J connectivity index is 2.37. The fourth-order valence-electron chi connectivity index (χ4n) is 2.64. The second-order valence-electron chi connectivity index (χ2n) is 7.82. The Hall–Kier alpha value is -0.770. The smallest absolute Gasteiger partial charge is 0.410 e. The van der Waals surface area contributed by atoms with Crippen molar-refractivity contribution in [1.29, 1.82) is 0 Å². The normalized spacial score (nSPS) is 20.9. The minimum absolute atomic E-state index is 0.0838. The number of ether oxygens (including phenoxy) is 1. The molecule has 0 aromatic heterocycles. The molecule has 4 heteroatoms. The lowest BCUT2D eigenvalue weighted by Crippen LogP contribution is -2.43. The van der Waals surface area contributed by atoms with Crippen molar-refractivity contribution in [2.75, 3.05) is 13.1 Å². The molecule has 1 aliphatic heterocycles. The van der Waals surface area contributed by atoms with E-state index in [0.717, 1.165) is 38.8 Å². The zero-order valence-electron chi connectivity index (χ0n) is 13.9. The lowest BCUT2D eigenvalue weighted by atomic mass is 9.90. The van der Waals surface area contributed by atoms with Crippen molar-refractivity contribution in [3.8, 4) is 0 Å². The van der Waals surface area contributed by atoms with E-state index in [-0.39, 0.29) is 11.6 Å². The summed E-state index contributed by atoms with van der Waals surface area (Å²) in [6, 6.07) is 0. The number of hydrogen-bond donors (Lipinski definition) is 1. The third-order valence-electron chi connectivity index (χ3n) is 3.60. The zero-order chi connectivity index (χ0) is 15.4. The van der Waals surface area contributed by atoms with Crippen LogP contribution < -0.4 is 5.73 Å². The summed E-state index contributed by atoms with van der Waals surface area (Å²) >= 11 is 0. The van der Waals surface area contributed by atoms with Crippen molar-refractivity contribution < 1.29 is 9.53 Å². The molecule has 0 aliphatic carbocycles. The van der Waals surface area contributed by atoms with Crippen molar-refractivity contribution in [3.05, 3.63) is 0 Å². The van der Waals surface area contributed by atoms with Crippen molar-refractivity contribution >= 4 is 6.09 Å². The first-order chi connectivity index (χ1) is 9.07. The average molecular weight is 284 g/mol. The molecule has 1 aliphatic rings. The van der Waals surface area contributed by atoms with Gasteiger partial charge in [0.15, 0.2) is 0 Å². The van der Waals surface area contributed by atoms with Gasteiger partial charge in [0.2, 0.25) is 0 Å². The molecule has 118 valence electrons. The Morgan fingerprint density at radius 3 is 2.50 bits per heavy atom. The van der Waals surface area contributed by atoms with Gasteiger partial charge in [-0.1, -0.05) is 6.42 Å². The summed E-state index contributed by atoms with van der Waals surface area (Å²) < 4.78 is 5.45. The zero-order valence-corrected chi connectivity index (χ0v) is 13.9. The SMILES string of the molecule is CC(C)(N)CCCC1CCCN(C(=O)OC(C)(C)C)C1. The second kappa shape index (κ2) is 6.79. The highest BCUT2D eigenvalue weighted by atomic mass is 16.6. The van der Waals surface area contributed by atoms with Gasteiger partial charge in [0.05, 0.1) is 0 Å². The van der Waals surface area contributed by atoms with Crippen molar-refractivity contribution in [2.45, 2.75) is 77.9 Å². The van der Waals surface area contributed by atoms with Gasteiger partial charge in [0.25, 0.3) is 0 Å². The van der Waals surface area contributed by atoms with Gasteiger partial charge >= 0.3 is 6.09 Å². The molecular weight excluding hydrogens is 252 g/mol. The fraction of sp³-hybridized carbons (Fsp3) is 0.938. The molecule has 0 saturated carbocycles. The highest BCUT2D eigenvalue weighted by Gasteiger charge is 2.27. The molecular formula is C16H32N2O2. The summed E-state index contributed by atoms with van der Waals surface area (Å²) in [5.41, 5.74) is 5.52. The molecule has 1 amide bonds. The minimum Gasteiger partial charge on any atom is -0.444 e. The number of carbonyl (C=O) groups excluding carboxylic acids is 1. The van der Waals surface area contributed by atoms with E-state index in [1.54, 1.807) is 0 Å². The maximum absolute atomic E-state index is 12.1. The van der Waals surface area contributed by atoms with Gasteiger partial charge in [-0.2, -0.15) is 0 Å². The molecule has 1 saturated heterocycles. The van der Waals surface area contributed by atoms with Gasteiger partial charge in [-0.25, -0.2) is 4.79 Å². The molecule has 2 N–H and O–H groups in total.